The third-order valence-corrected chi connectivity index (χ3v) is 4.56. The number of hydrogen-bond acceptors (Lipinski definition) is 2. The standard InChI is InChI=1S/C20H12BrN3/c21-16-4-5-18-19(12-24-20(18)9-16)15(10-22)8-13-2-1-3-14-11-23-7-6-17(13)14/h1-9,11-12,24H/b15-8+. The summed E-state index contributed by atoms with van der Waals surface area (Å²) in [6.07, 6.45) is 7.43. The first kappa shape index (κ1) is 14.7. The van der Waals surface area contributed by atoms with Crippen LogP contribution in [0.1, 0.15) is 11.1 Å². The topological polar surface area (TPSA) is 52.5 Å². The molecule has 0 fully saturated rings. The molecule has 0 amide bonds. The molecule has 0 saturated heterocycles. The van der Waals surface area contributed by atoms with Crippen LogP contribution in [0.3, 0.4) is 0 Å². The summed E-state index contributed by atoms with van der Waals surface area (Å²) in [7, 11) is 0. The molecule has 2 aromatic heterocycles. The summed E-state index contributed by atoms with van der Waals surface area (Å²) in [6, 6.07) is 16.4. The Morgan fingerprint density at radius 2 is 2.08 bits per heavy atom. The summed E-state index contributed by atoms with van der Waals surface area (Å²) in [5, 5.41) is 12.9. The van der Waals surface area contributed by atoms with Gasteiger partial charge in [-0.05, 0) is 35.2 Å². The van der Waals surface area contributed by atoms with Crippen molar-refractivity contribution >= 4 is 49.3 Å². The van der Waals surface area contributed by atoms with E-state index in [0.29, 0.717) is 5.57 Å². The molecule has 4 rings (SSSR count). The molecule has 114 valence electrons. The van der Waals surface area contributed by atoms with Gasteiger partial charge in [0.1, 0.15) is 0 Å². The second-order valence-electron chi connectivity index (χ2n) is 5.51. The van der Waals surface area contributed by atoms with E-state index in [1.165, 1.54) is 0 Å². The number of benzene rings is 2. The first-order valence-electron chi connectivity index (χ1n) is 7.48. The molecule has 0 aliphatic heterocycles. The smallest absolute Gasteiger partial charge is 0.0998 e. The van der Waals surface area contributed by atoms with Crippen molar-refractivity contribution in [2.24, 2.45) is 0 Å². The molecule has 24 heavy (non-hydrogen) atoms. The fourth-order valence-electron chi connectivity index (χ4n) is 2.92. The molecule has 3 nitrogen and oxygen atoms in total. The maximum absolute atomic E-state index is 9.69. The van der Waals surface area contributed by atoms with Crippen LogP contribution < -0.4 is 0 Å². The van der Waals surface area contributed by atoms with Crippen molar-refractivity contribution in [3.05, 3.63) is 76.7 Å². The minimum absolute atomic E-state index is 0.632. The number of allylic oxidation sites excluding steroid dienone is 1. The van der Waals surface area contributed by atoms with E-state index in [1.807, 2.05) is 60.9 Å². The molecule has 0 aliphatic rings. The molecule has 0 radical (unpaired) electrons. The van der Waals surface area contributed by atoms with Crippen LogP contribution in [0, 0.1) is 11.3 Å². The van der Waals surface area contributed by atoms with E-state index < -0.39 is 0 Å². The molecule has 0 saturated carbocycles. The Balaban J connectivity index is 1.91. The van der Waals surface area contributed by atoms with Crippen LogP contribution in [0.25, 0.3) is 33.3 Å². The molecule has 0 spiro atoms. The molecule has 0 aliphatic carbocycles. The van der Waals surface area contributed by atoms with Crippen molar-refractivity contribution < 1.29 is 0 Å². The molecular formula is C20H12BrN3. The first-order valence-corrected chi connectivity index (χ1v) is 8.27. The lowest BCUT2D eigenvalue weighted by Gasteiger charge is -2.03. The largest absolute Gasteiger partial charge is 0.360 e. The SMILES string of the molecule is N#C/C(=C\c1cccc2cnccc12)c1c[nH]c2cc(Br)ccc12. The van der Waals surface area contributed by atoms with Crippen molar-refractivity contribution in [2.45, 2.75) is 0 Å². The Labute approximate surface area is 147 Å². The number of nitrogens with one attached hydrogen (secondary N) is 1. The van der Waals surface area contributed by atoms with Gasteiger partial charge in [0.25, 0.3) is 0 Å². The van der Waals surface area contributed by atoms with Gasteiger partial charge in [0.15, 0.2) is 0 Å². The highest BCUT2D eigenvalue weighted by Gasteiger charge is 2.09. The van der Waals surface area contributed by atoms with Gasteiger partial charge in [-0.15, -0.1) is 0 Å². The van der Waals surface area contributed by atoms with Crippen molar-refractivity contribution in [3.8, 4) is 6.07 Å². The second kappa shape index (κ2) is 5.95. The normalized spacial score (nSPS) is 11.8. The van der Waals surface area contributed by atoms with E-state index >= 15 is 0 Å². The number of aromatic amines is 1. The van der Waals surface area contributed by atoms with Crippen molar-refractivity contribution in [3.63, 3.8) is 0 Å². The average Bonchev–Trinajstić information content (AvgIpc) is 3.02. The van der Waals surface area contributed by atoms with Gasteiger partial charge in [0.2, 0.25) is 0 Å². The monoisotopic (exact) mass is 373 g/mol. The molecule has 4 aromatic rings. The lowest BCUT2D eigenvalue weighted by atomic mass is 10.00. The van der Waals surface area contributed by atoms with Crippen LogP contribution in [-0.2, 0) is 0 Å². The van der Waals surface area contributed by atoms with Gasteiger partial charge in [0.05, 0.1) is 11.6 Å². The summed E-state index contributed by atoms with van der Waals surface area (Å²) in [5.41, 5.74) is 3.56. The van der Waals surface area contributed by atoms with Gasteiger partial charge < -0.3 is 4.98 Å². The lowest BCUT2D eigenvalue weighted by molar-refractivity contribution is 1.36. The molecule has 2 aromatic carbocycles. The minimum Gasteiger partial charge on any atom is -0.360 e. The van der Waals surface area contributed by atoms with Gasteiger partial charge in [0, 0.05) is 44.9 Å². The summed E-state index contributed by atoms with van der Waals surface area (Å²) in [4.78, 5) is 7.39. The molecule has 2 heterocycles. The highest BCUT2D eigenvalue weighted by Crippen LogP contribution is 2.29. The predicted octanol–water partition coefficient (Wildman–Crippen LogP) is 5.54. The van der Waals surface area contributed by atoms with Crippen LogP contribution in [0.4, 0.5) is 0 Å². The highest BCUT2D eigenvalue weighted by atomic mass is 79.9. The minimum atomic E-state index is 0.632. The molecule has 4 heteroatoms. The maximum atomic E-state index is 9.69. The highest BCUT2D eigenvalue weighted by molar-refractivity contribution is 9.10. The zero-order chi connectivity index (χ0) is 16.5. The van der Waals surface area contributed by atoms with E-state index in [1.54, 1.807) is 6.20 Å². The zero-order valence-corrected chi connectivity index (χ0v) is 14.2. The Bertz CT molecular complexity index is 1130. The average molecular weight is 374 g/mol. The van der Waals surface area contributed by atoms with Crippen LogP contribution in [0.2, 0.25) is 0 Å². The number of fused-ring (bicyclic) bond motifs is 2. The van der Waals surface area contributed by atoms with Gasteiger partial charge >= 0.3 is 0 Å². The zero-order valence-electron chi connectivity index (χ0n) is 12.6. The Kier molecular flexibility index (Phi) is 3.64. The number of H-pyrrole nitrogens is 1. The molecular weight excluding hydrogens is 362 g/mol. The Morgan fingerprint density at radius 1 is 1.17 bits per heavy atom. The van der Waals surface area contributed by atoms with Gasteiger partial charge in [-0.3, -0.25) is 4.98 Å². The molecule has 0 unspecified atom stereocenters. The van der Waals surface area contributed by atoms with Gasteiger partial charge in [-0.1, -0.05) is 40.2 Å². The third-order valence-electron chi connectivity index (χ3n) is 4.07. The van der Waals surface area contributed by atoms with Crippen LogP contribution in [0.5, 0.6) is 0 Å². The summed E-state index contributed by atoms with van der Waals surface area (Å²) in [5.74, 6) is 0. The van der Waals surface area contributed by atoms with E-state index in [0.717, 1.165) is 37.3 Å². The number of hydrogen-bond donors (Lipinski definition) is 1. The van der Waals surface area contributed by atoms with Gasteiger partial charge in [-0.2, -0.15) is 5.26 Å². The van der Waals surface area contributed by atoms with Crippen LogP contribution in [-0.4, -0.2) is 9.97 Å². The quantitative estimate of drug-likeness (QED) is 0.468. The summed E-state index contributed by atoms with van der Waals surface area (Å²) in [6.45, 7) is 0. The van der Waals surface area contributed by atoms with Gasteiger partial charge in [-0.25, -0.2) is 0 Å². The second-order valence-corrected chi connectivity index (χ2v) is 6.42. The van der Waals surface area contributed by atoms with E-state index in [-0.39, 0.29) is 0 Å². The Morgan fingerprint density at radius 3 is 2.96 bits per heavy atom. The maximum Gasteiger partial charge on any atom is 0.0998 e. The number of nitrogens with zero attached hydrogens (tertiary/aromatic N) is 2. The van der Waals surface area contributed by atoms with E-state index in [2.05, 4.69) is 32.0 Å². The third kappa shape index (κ3) is 2.49. The molecule has 0 atom stereocenters. The van der Waals surface area contributed by atoms with Crippen LogP contribution in [0.15, 0.2) is 65.5 Å². The van der Waals surface area contributed by atoms with Crippen LogP contribution >= 0.6 is 15.9 Å². The summed E-state index contributed by atoms with van der Waals surface area (Å²) < 4.78 is 1.01. The number of halogens is 1. The first-order chi connectivity index (χ1) is 11.8. The fraction of sp³-hybridized carbons (Fsp3) is 0. The fourth-order valence-corrected chi connectivity index (χ4v) is 3.28. The lowest BCUT2D eigenvalue weighted by Crippen LogP contribution is -1.83. The number of nitriles is 1. The van der Waals surface area contributed by atoms with Crippen molar-refractivity contribution in [1.29, 1.82) is 5.26 Å². The summed E-state index contributed by atoms with van der Waals surface area (Å²) >= 11 is 3.47. The van der Waals surface area contributed by atoms with Crippen molar-refractivity contribution in [2.75, 3.05) is 0 Å². The number of aromatic nitrogens is 2. The predicted molar refractivity (Wildman–Crippen MR) is 101 cm³/mol. The molecule has 1 N–H and O–H groups in total. The molecule has 0 bridgehead atoms. The van der Waals surface area contributed by atoms with E-state index in [4.69, 9.17) is 0 Å². The van der Waals surface area contributed by atoms with E-state index in [9.17, 15) is 5.26 Å². The number of rotatable bonds is 2. The Hall–Kier alpha value is -2.90. The van der Waals surface area contributed by atoms with Crippen molar-refractivity contribution in [1.82, 2.24) is 9.97 Å². The number of pyridine rings is 1.